The van der Waals surface area contributed by atoms with Gasteiger partial charge in [0.15, 0.2) is 0 Å². The van der Waals surface area contributed by atoms with Gasteiger partial charge in [0.1, 0.15) is 0 Å². The number of carbonyl (C=O) groups excluding carboxylic acids is 1. The molecule has 0 saturated heterocycles. The smallest absolute Gasteiger partial charge is 0.379 e. The number of rotatable bonds is 5. The van der Waals surface area contributed by atoms with E-state index in [-0.39, 0.29) is 5.82 Å². The molecule has 0 N–H and O–H groups in total. The first-order valence-electron chi connectivity index (χ1n) is 5.47. The normalized spacial score (nSPS) is 10.3. The van der Waals surface area contributed by atoms with Gasteiger partial charge in [-0.2, -0.15) is 4.98 Å². The van der Waals surface area contributed by atoms with Crippen LogP contribution in [0.3, 0.4) is 0 Å². The maximum Gasteiger partial charge on any atom is 0.379 e. The topological polar surface area (TPSA) is 65.2 Å². The minimum absolute atomic E-state index is 0.0273. The van der Waals surface area contributed by atoms with Crippen molar-refractivity contribution in [2.75, 3.05) is 6.61 Å². The summed E-state index contributed by atoms with van der Waals surface area (Å²) in [6, 6.07) is 9.86. The van der Waals surface area contributed by atoms with Crippen LogP contribution < -0.4 is 0 Å². The molecular weight excluding hydrogens is 252 g/mol. The van der Waals surface area contributed by atoms with Crippen LogP contribution in [0.15, 0.2) is 39.8 Å². The van der Waals surface area contributed by atoms with Gasteiger partial charge >= 0.3 is 5.97 Å². The Labute approximate surface area is 109 Å². The molecule has 0 saturated carbocycles. The van der Waals surface area contributed by atoms with Crippen LogP contribution in [0.5, 0.6) is 0 Å². The molecule has 0 atom stereocenters. The second-order valence-electron chi connectivity index (χ2n) is 3.33. The molecule has 1 heterocycles. The molecule has 2 rings (SSSR count). The van der Waals surface area contributed by atoms with Crippen LogP contribution in [0.25, 0.3) is 0 Å². The van der Waals surface area contributed by atoms with Crippen molar-refractivity contribution in [3.63, 3.8) is 0 Å². The van der Waals surface area contributed by atoms with Crippen molar-refractivity contribution in [2.24, 2.45) is 0 Å². The van der Waals surface area contributed by atoms with E-state index in [0.717, 1.165) is 4.90 Å². The molecule has 0 aliphatic heterocycles. The number of benzene rings is 1. The van der Waals surface area contributed by atoms with Crippen LogP contribution in [0, 0.1) is 0 Å². The number of hydrogen-bond acceptors (Lipinski definition) is 6. The van der Waals surface area contributed by atoms with Gasteiger partial charge in [-0.25, -0.2) is 4.79 Å². The van der Waals surface area contributed by atoms with Crippen LogP contribution in [0.1, 0.15) is 23.4 Å². The zero-order valence-electron chi connectivity index (χ0n) is 9.83. The Hall–Kier alpha value is -1.82. The first-order chi connectivity index (χ1) is 8.79. The van der Waals surface area contributed by atoms with E-state index in [1.807, 2.05) is 30.3 Å². The second kappa shape index (κ2) is 6.20. The van der Waals surface area contributed by atoms with Gasteiger partial charge in [0.05, 0.1) is 12.4 Å². The molecule has 0 aliphatic rings. The van der Waals surface area contributed by atoms with Crippen molar-refractivity contribution in [2.45, 2.75) is 17.6 Å². The first kappa shape index (κ1) is 12.6. The Morgan fingerprint density at radius 2 is 2.17 bits per heavy atom. The molecule has 0 aliphatic carbocycles. The Kier molecular flexibility index (Phi) is 4.35. The van der Waals surface area contributed by atoms with E-state index in [0.29, 0.717) is 18.3 Å². The van der Waals surface area contributed by atoms with E-state index in [2.05, 4.69) is 10.1 Å². The van der Waals surface area contributed by atoms with Gasteiger partial charge in [-0.3, -0.25) is 0 Å². The summed E-state index contributed by atoms with van der Waals surface area (Å²) >= 11 is 1.56. The fourth-order valence-electron chi connectivity index (χ4n) is 1.25. The lowest BCUT2D eigenvalue weighted by Gasteiger charge is -1.96. The van der Waals surface area contributed by atoms with E-state index in [9.17, 15) is 4.79 Å². The van der Waals surface area contributed by atoms with Gasteiger partial charge < -0.3 is 9.26 Å². The third-order valence-corrected chi connectivity index (χ3v) is 3.03. The minimum Gasteiger partial charge on any atom is -0.460 e. The summed E-state index contributed by atoms with van der Waals surface area (Å²) in [6.07, 6.45) is 0. The lowest BCUT2D eigenvalue weighted by Crippen LogP contribution is -2.06. The molecule has 1 aromatic carbocycles. The average Bonchev–Trinajstić information content (AvgIpc) is 2.87. The summed E-state index contributed by atoms with van der Waals surface area (Å²) < 4.78 is 9.74. The molecule has 0 radical (unpaired) electrons. The van der Waals surface area contributed by atoms with Crippen molar-refractivity contribution in [3.05, 3.63) is 42.0 Å². The predicted octanol–water partition coefficient (Wildman–Crippen LogP) is 2.54. The van der Waals surface area contributed by atoms with Crippen molar-refractivity contribution < 1.29 is 14.1 Å². The summed E-state index contributed by atoms with van der Waals surface area (Å²) in [7, 11) is 0. The number of thioether (sulfide) groups is 1. The van der Waals surface area contributed by atoms with E-state index >= 15 is 0 Å². The van der Waals surface area contributed by atoms with Gasteiger partial charge in [0, 0.05) is 4.90 Å². The number of aromatic nitrogens is 2. The van der Waals surface area contributed by atoms with E-state index < -0.39 is 5.97 Å². The van der Waals surface area contributed by atoms with Gasteiger partial charge in [-0.1, -0.05) is 18.2 Å². The lowest BCUT2D eigenvalue weighted by molar-refractivity contribution is 0.0508. The van der Waals surface area contributed by atoms with Gasteiger partial charge in [-0.15, -0.1) is 11.8 Å². The van der Waals surface area contributed by atoms with Crippen LogP contribution in [-0.2, 0) is 10.5 Å². The second-order valence-corrected chi connectivity index (χ2v) is 4.38. The monoisotopic (exact) mass is 264 g/mol. The van der Waals surface area contributed by atoms with E-state index in [4.69, 9.17) is 9.26 Å². The van der Waals surface area contributed by atoms with Crippen molar-refractivity contribution in [3.8, 4) is 0 Å². The summed E-state index contributed by atoms with van der Waals surface area (Å²) in [6.45, 7) is 2.02. The highest BCUT2D eigenvalue weighted by atomic mass is 32.2. The number of carbonyl (C=O) groups is 1. The molecule has 1 aromatic heterocycles. The van der Waals surface area contributed by atoms with Crippen molar-refractivity contribution in [1.82, 2.24) is 10.1 Å². The molecule has 0 bridgehead atoms. The highest BCUT2D eigenvalue weighted by molar-refractivity contribution is 7.98. The Morgan fingerprint density at radius 1 is 1.39 bits per heavy atom. The molecule has 2 aromatic rings. The Bertz CT molecular complexity index is 513. The first-order valence-corrected chi connectivity index (χ1v) is 6.45. The fourth-order valence-corrected chi connectivity index (χ4v) is 2.01. The molecule has 18 heavy (non-hydrogen) atoms. The molecule has 94 valence electrons. The summed E-state index contributed by atoms with van der Waals surface area (Å²) in [5, 5.41) is 3.57. The largest absolute Gasteiger partial charge is 0.460 e. The maximum atomic E-state index is 11.3. The van der Waals surface area contributed by atoms with Gasteiger partial charge in [0.2, 0.25) is 5.89 Å². The van der Waals surface area contributed by atoms with Crippen LogP contribution in [0.2, 0.25) is 0 Å². The van der Waals surface area contributed by atoms with Crippen LogP contribution >= 0.6 is 11.8 Å². The number of hydrogen-bond donors (Lipinski definition) is 0. The zero-order valence-corrected chi connectivity index (χ0v) is 10.6. The highest BCUT2D eigenvalue weighted by Gasteiger charge is 2.15. The molecule has 6 heteroatoms. The van der Waals surface area contributed by atoms with E-state index in [1.165, 1.54) is 0 Å². The standard InChI is InChI=1S/C12H12N2O3S/c1-2-16-12(15)11-13-10(17-14-11)8-18-9-6-4-3-5-7-9/h3-7H,2,8H2,1H3. The quantitative estimate of drug-likeness (QED) is 0.610. The minimum atomic E-state index is -0.558. The SMILES string of the molecule is CCOC(=O)c1noc(CSc2ccccc2)n1. The third-order valence-electron chi connectivity index (χ3n) is 2.03. The third kappa shape index (κ3) is 3.33. The summed E-state index contributed by atoms with van der Waals surface area (Å²) in [5.74, 6) is 0.348. The molecule has 0 unspecified atom stereocenters. The average molecular weight is 264 g/mol. The number of ether oxygens (including phenoxy) is 1. The molecule has 0 spiro atoms. The fraction of sp³-hybridized carbons (Fsp3) is 0.250. The van der Waals surface area contributed by atoms with Crippen LogP contribution in [-0.4, -0.2) is 22.7 Å². The highest BCUT2D eigenvalue weighted by Crippen LogP contribution is 2.21. The van der Waals surface area contributed by atoms with Crippen molar-refractivity contribution in [1.29, 1.82) is 0 Å². The molecule has 5 nitrogen and oxygen atoms in total. The molecule has 0 amide bonds. The molecule has 0 fully saturated rings. The maximum absolute atomic E-state index is 11.3. The summed E-state index contributed by atoms with van der Waals surface area (Å²) in [4.78, 5) is 16.4. The Morgan fingerprint density at radius 3 is 2.89 bits per heavy atom. The van der Waals surface area contributed by atoms with Crippen LogP contribution in [0.4, 0.5) is 0 Å². The molecular formula is C12H12N2O3S. The Balaban J connectivity index is 1.93. The lowest BCUT2D eigenvalue weighted by atomic mass is 10.4. The zero-order chi connectivity index (χ0) is 12.8. The number of esters is 1. The van der Waals surface area contributed by atoms with Crippen molar-refractivity contribution >= 4 is 17.7 Å². The predicted molar refractivity (Wildman–Crippen MR) is 66.3 cm³/mol. The number of nitrogens with zero attached hydrogens (tertiary/aromatic N) is 2. The van der Waals surface area contributed by atoms with Gasteiger partial charge in [0.25, 0.3) is 5.82 Å². The van der Waals surface area contributed by atoms with E-state index in [1.54, 1.807) is 18.7 Å². The van der Waals surface area contributed by atoms with Gasteiger partial charge in [-0.05, 0) is 24.2 Å². The summed E-state index contributed by atoms with van der Waals surface area (Å²) in [5.41, 5.74) is 0.